The normalized spacial score (nSPS) is 20.7. The number of nitriles is 1. The van der Waals surface area contributed by atoms with Crippen LogP contribution in [-0.4, -0.2) is 53.9 Å². The van der Waals surface area contributed by atoms with E-state index in [0.717, 1.165) is 50.9 Å². The minimum absolute atomic E-state index is 0.198. The van der Waals surface area contributed by atoms with Crippen LogP contribution in [0.5, 0.6) is 0 Å². The van der Waals surface area contributed by atoms with Crippen molar-refractivity contribution >= 4 is 11.9 Å². The third-order valence-electron chi connectivity index (χ3n) is 6.78. The number of fused-ring (bicyclic) bond motifs is 2. The number of nitrogens with zero attached hydrogens (tertiary/aromatic N) is 3. The van der Waals surface area contributed by atoms with Gasteiger partial charge in [-0.05, 0) is 60.6 Å². The van der Waals surface area contributed by atoms with E-state index in [1.807, 2.05) is 30.3 Å². The zero-order valence-electron chi connectivity index (χ0n) is 17.5. The van der Waals surface area contributed by atoms with Crippen molar-refractivity contribution in [3.63, 3.8) is 0 Å². The number of esters is 1. The van der Waals surface area contributed by atoms with E-state index < -0.39 is 0 Å². The standard InChI is InChI=1S/C25H25N3O3/c26-14-18-1-3-19-4-5-22(13-20(19)12-18)28-10-9-27(15-24(28)29)8-7-17-2-6-23-21(11-17)16-31-25(23)30/h1-3,6,11-12,22H,4-5,7-10,13,15-16H2. The molecule has 158 valence electrons. The predicted molar refractivity (Wildman–Crippen MR) is 114 cm³/mol. The number of carbonyl (C=O) groups excluding carboxylic acids is 2. The molecule has 1 amide bonds. The molecule has 1 fully saturated rings. The second kappa shape index (κ2) is 8.16. The molecule has 5 rings (SSSR count). The fourth-order valence-electron chi connectivity index (χ4n) is 5.01. The Morgan fingerprint density at radius 3 is 2.81 bits per heavy atom. The van der Waals surface area contributed by atoms with Crippen LogP contribution in [0.15, 0.2) is 36.4 Å². The molecule has 2 aromatic carbocycles. The van der Waals surface area contributed by atoms with Gasteiger partial charge in [0.1, 0.15) is 6.61 Å². The molecule has 6 nitrogen and oxygen atoms in total. The number of ether oxygens (including phenoxy) is 1. The van der Waals surface area contributed by atoms with E-state index in [1.165, 1.54) is 16.7 Å². The Morgan fingerprint density at radius 2 is 1.97 bits per heavy atom. The number of hydrogen-bond acceptors (Lipinski definition) is 5. The van der Waals surface area contributed by atoms with Crippen molar-refractivity contribution in [3.8, 4) is 6.07 Å². The van der Waals surface area contributed by atoms with Crippen molar-refractivity contribution in [2.75, 3.05) is 26.2 Å². The monoisotopic (exact) mass is 415 g/mol. The average Bonchev–Trinajstić information content (AvgIpc) is 3.17. The second-order valence-corrected chi connectivity index (χ2v) is 8.67. The molecule has 2 heterocycles. The first-order valence-electron chi connectivity index (χ1n) is 10.9. The number of hydrogen-bond donors (Lipinski definition) is 0. The van der Waals surface area contributed by atoms with Crippen molar-refractivity contribution in [2.45, 2.75) is 38.3 Å². The van der Waals surface area contributed by atoms with Crippen molar-refractivity contribution in [1.82, 2.24) is 9.80 Å². The van der Waals surface area contributed by atoms with Gasteiger partial charge in [0.2, 0.25) is 5.91 Å². The first-order chi connectivity index (χ1) is 15.1. The van der Waals surface area contributed by atoms with Gasteiger partial charge >= 0.3 is 5.97 Å². The highest BCUT2D eigenvalue weighted by Crippen LogP contribution is 2.27. The van der Waals surface area contributed by atoms with E-state index in [9.17, 15) is 14.9 Å². The Morgan fingerprint density at radius 1 is 1.06 bits per heavy atom. The lowest BCUT2D eigenvalue weighted by atomic mass is 9.86. The minimum atomic E-state index is -0.238. The van der Waals surface area contributed by atoms with E-state index in [1.54, 1.807) is 0 Å². The lowest BCUT2D eigenvalue weighted by Crippen LogP contribution is -2.55. The summed E-state index contributed by atoms with van der Waals surface area (Å²) >= 11 is 0. The molecule has 1 unspecified atom stereocenters. The molecule has 0 radical (unpaired) electrons. The Labute approximate surface area is 182 Å². The van der Waals surface area contributed by atoms with Gasteiger partial charge in [-0.3, -0.25) is 9.69 Å². The second-order valence-electron chi connectivity index (χ2n) is 8.67. The summed E-state index contributed by atoms with van der Waals surface area (Å²) in [6.45, 7) is 3.27. The van der Waals surface area contributed by atoms with Gasteiger partial charge in [-0.25, -0.2) is 4.79 Å². The van der Waals surface area contributed by atoms with Gasteiger partial charge in [0.05, 0.1) is 23.7 Å². The zero-order valence-corrected chi connectivity index (χ0v) is 17.5. The van der Waals surface area contributed by atoms with Gasteiger partial charge in [-0.15, -0.1) is 0 Å². The summed E-state index contributed by atoms with van der Waals surface area (Å²) in [6.07, 6.45) is 3.64. The maximum Gasteiger partial charge on any atom is 0.338 e. The Bertz CT molecular complexity index is 1090. The van der Waals surface area contributed by atoms with Gasteiger partial charge in [-0.1, -0.05) is 18.2 Å². The molecule has 6 heteroatoms. The molecule has 2 aromatic rings. The first kappa shape index (κ1) is 19.8. The molecule has 31 heavy (non-hydrogen) atoms. The summed E-state index contributed by atoms with van der Waals surface area (Å²) in [7, 11) is 0. The van der Waals surface area contributed by atoms with E-state index in [4.69, 9.17) is 4.74 Å². The molecular formula is C25H25N3O3. The fourth-order valence-corrected chi connectivity index (χ4v) is 5.01. The SMILES string of the molecule is N#Cc1ccc2c(c1)CC(N1CCN(CCc3ccc4c(c3)COC4=O)CC1=O)CC2. The van der Waals surface area contributed by atoms with Crippen LogP contribution >= 0.6 is 0 Å². The summed E-state index contributed by atoms with van der Waals surface area (Å²) in [5, 5.41) is 9.17. The van der Waals surface area contributed by atoms with Crippen molar-refractivity contribution < 1.29 is 14.3 Å². The number of benzene rings is 2. The summed E-state index contributed by atoms with van der Waals surface area (Å²) in [5.41, 5.74) is 6.01. The minimum Gasteiger partial charge on any atom is -0.457 e. The summed E-state index contributed by atoms with van der Waals surface area (Å²) < 4.78 is 5.08. The predicted octanol–water partition coefficient (Wildman–Crippen LogP) is 2.47. The summed E-state index contributed by atoms with van der Waals surface area (Å²) in [5.74, 6) is -0.0402. The highest BCUT2D eigenvalue weighted by atomic mass is 16.5. The molecular weight excluding hydrogens is 390 g/mol. The average molecular weight is 415 g/mol. The molecule has 0 saturated carbocycles. The molecule has 3 aliphatic rings. The highest BCUT2D eigenvalue weighted by molar-refractivity contribution is 5.93. The van der Waals surface area contributed by atoms with Crippen LogP contribution in [-0.2, 0) is 35.4 Å². The van der Waals surface area contributed by atoms with Crippen LogP contribution in [0, 0.1) is 11.3 Å². The Kier molecular flexibility index (Phi) is 5.21. The molecule has 0 bridgehead atoms. The molecule has 0 aromatic heterocycles. The molecule has 2 aliphatic heterocycles. The molecule has 1 atom stereocenters. The third-order valence-corrected chi connectivity index (χ3v) is 6.78. The van der Waals surface area contributed by atoms with Crippen LogP contribution in [0.1, 0.15) is 44.6 Å². The number of cyclic esters (lactones) is 1. The molecule has 0 spiro atoms. The van der Waals surface area contributed by atoms with Gasteiger partial charge in [0.15, 0.2) is 0 Å². The van der Waals surface area contributed by atoms with Gasteiger partial charge in [-0.2, -0.15) is 5.26 Å². The Hall–Kier alpha value is -3.17. The van der Waals surface area contributed by atoms with Crippen LogP contribution < -0.4 is 0 Å². The maximum atomic E-state index is 12.9. The van der Waals surface area contributed by atoms with Crippen LogP contribution in [0.4, 0.5) is 0 Å². The van der Waals surface area contributed by atoms with Crippen LogP contribution in [0.2, 0.25) is 0 Å². The van der Waals surface area contributed by atoms with Crippen LogP contribution in [0.3, 0.4) is 0 Å². The first-order valence-corrected chi connectivity index (χ1v) is 10.9. The number of carbonyl (C=O) groups is 2. The smallest absolute Gasteiger partial charge is 0.338 e. The van der Waals surface area contributed by atoms with Crippen molar-refractivity contribution in [1.29, 1.82) is 5.26 Å². The number of piperazine rings is 1. The lowest BCUT2D eigenvalue weighted by Gasteiger charge is -2.41. The molecule has 1 saturated heterocycles. The van der Waals surface area contributed by atoms with Gasteiger partial charge < -0.3 is 9.64 Å². The summed E-state index contributed by atoms with van der Waals surface area (Å²) in [4.78, 5) is 28.8. The number of rotatable bonds is 4. The molecule has 0 N–H and O–H groups in total. The third kappa shape index (κ3) is 3.94. The Balaban J connectivity index is 1.17. The zero-order chi connectivity index (χ0) is 21.4. The lowest BCUT2D eigenvalue weighted by molar-refractivity contribution is -0.138. The maximum absolute atomic E-state index is 12.9. The van der Waals surface area contributed by atoms with Crippen molar-refractivity contribution in [2.24, 2.45) is 0 Å². The topological polar surface area (TPSA) is 73.6 Å². The quantitative estimate of drug-likeness (QED) is 0.718. The largest absolute Gasteiger partial charge is 0.457 e. The molecule has 1 aliphatic carbocycles. The van der Waals surface area contributed by atoms with E-state index >= 15 is 0 Å². The van der Waals surface area contributed by atoms with Gasteiger partial charge in [0.25, 0.3) is 0 Å². The number of aryl methyl sites for hydroxylation is 1. The van der Waals surface area contributed by atoms with E-state index in [0.29, 0.717) is 24.3 Å². The van der Waals surface area contributed by atoms with Crippen LogP contribution in [0.25, 0.3) is 0 Å². The highest BCUT2D eigenvalue weighted by Gasteiger charge is 2.32. The summed E-state index contributed by atoms with van der Waals surface area (Å²) in [6, 6.07) is 14.3. The fraction of sp³-hybridized carbons (Fsp3) is 0.400. The number of amides is 1. The van der Waals surface area contributed by atoms with E-state index in [-0.39, 0.29) is 17.9 Å². The van der Waals surface area contributed by atoms with Gasteiger partial charge in [0, 0.05) is 31.2 Å². The van der Waals surface area contributed by atoms with Crippen molar-refractivity contribution in [3.05, 3.63) is 69.8 Å². The van der Waals surface area contributed by atoms with E-state index in [2.05, 4.69) is 21.9 Å².